The lowest BCUT2D eigenvalue weighted by molar-refractivity contribution is -0.124. The minimum Gasteiger partial charge on any atom is -0.372 e. The van der Waals surface area contributed by atoms with Crippen molar-refractivity contribution in [3.8, 4) is 0 Å². The van der Waals surface area contributed by atoms with Gasteiger partial charge in [0.25, 0.3) is 5.91 Å². The van der Waals surface area contributed by atoms with Crippen LogP contribution < -0.4 is 10.6 Å². The highest BCUT2D eigenvalue weighted by Gasteiger charge is 2.10. The number of ether oxygens (including phenoxy) is 1. The third kappa shape index (κ3) is 5.17. The van der Waals surface area contributed by atoms with Gasteiger partial charge < -0.3 is 15.4 Å². The van der Waals surface area contributed by atoms with E-state index in [9.17, 15) is 4.79 Å². The second-order valence-corrected chi connectivity index (χ2v) is 3.59. The van der Waals surface area contributed by atoms with Crippen LogP contribution in [0, 0.1) is 0 Å². The zero-order valence-electron chi connectivity index (χ0n) is 10.3. The Morgan fingerprint density at radius 2 is 1.94 bits per heavy atom. The van der Waals surface area contributed by atoms with Crippen LogP contribution in [-0.4, -0.2) is 26.2 Å². The number of nitrogens with one attached hydrogen (secondary N) is 2. The summed E-state index contributed by atoms with van der Waals surface area (Å²) in [5, 5.41) is 5.84. The molecule has 0 aliphatic heterocycles. The normalized spacial score (nSPS) is 11.5. The highest BCUT2D eigenvalue weighted by atomic mass is 35.5. The fourth-order valence-electron chi connectivity index (χ4n) is 1.26. The number of halogens is 1. The molecule has 0 spiro atoms. The van der Waals surface area contributed by atoms with Gasteiger partial charge in [-0.15, -0.1) is 12.4 Å². The predicted octanol–water partition coefficient (Wildman–Crippen LogP) is 1.80. The topological polar surface area (TPSA) is 50.4 Å². The summed E-state index contributed by atoms with van der Waals surface area (Å²) in [6.45, 7) is 2.54. The number of methoxy groups -OCH3 is 1. The van der Waals surface area contributed by atoms with Crippen LogP contribution in [0.25, 0.3) is 0 Å². The number of amides is 1. The van der Waals surface area contributed by atoms with E-state index in [0.29, 0.717) is 0 Å². The summed E-state index contributed by atoms with van der Waals surface area (Å²) in [5.74, 6) is -0.135. The molecule has 17 heavy (non-hydrogen) atoms. The minimum atomic E-state index is -0.433. The molecular formula is C12H19ClN2O2. The molecule has 5 heteroatoms. The molecule has 96 valence electrons. The average molecular weight is 259 g/mol. The maximum atomic E-state index is 11.5. The van der Waals surface area contributed by atoms with Crippen LogP contribution >= 0.6 is 12.4 Å². The number of carbonyl (C=O) groups is 1. The Balaban J connectivity index is 0.00000256. The van der Waals surface area contributed by atoms with Crippen LogP contribution in [0.2, 0.25) is 0 Å². The SMILES string of the molecule is CNCc1ccc(NC(=O)C(C)OC)cc1.Cl. The van der Waals surface area contributed by atoms with Crippen LogP contribution in [0.5, 0.6) is 0 Å². The maximum Gasteiger partial charge on any atom is 0.253 e. The lowest BCUT2D eigenvalue weighted by Gasteiger charge is -2.10. The first-order chi connectivity index (χ1) is 7.67. The Bertz CT molecular complexity index is 341. The first-order valence-electron chi connectivity index (χ1n) is 5.24. The Labute approximate surface area is 108 Å². The molecule has 1 aromatic carbocycles. The molecule has 0 radical (unpaired) electrons. The lowest BCUT2D eigenvalue weighted by Crippen LogP contribution is -2.26. The summed E-state index contributed by atoms with van der Waals surface area (Å²) < 4.78 is 4.92. The Morgan fingerprint density at radius 1 is 1.35 bits per heavy atom. The zero-order valence-corrected chi connectivity index (χ0v) is 11.1. The summed E-state index contributed by atoms with van der Waals surface area (Å²) in [4.78, 5) is 11.5. The van der Waals surface area contributed by atoms with Crippen molar-refractivity contribution >= 4 is 24.0 Å². The smallest absolute Gasteiger partial charge is 0.253 e. The Morgan fingerprint density at radius 3 is 2.41 bits per heavy atom. The molecule has 0 fully saturated rings. The van der Waals surface area contributed by atoms with Crippen LogP contribution in [0.15, 0.2) is 24.3 Å². The van der Waals surface area contributed by atoms with Gasteiger partial charge in [-0.1, -0.05) is 12.1 Å². The van der Waals surface area contributed by atoms with Crippen LogP contribution in [0.3, 0.4) is 0 Å². The van der Waals surface area contributed by atoms with Gasteiger partial charge in [0, 0.05) is 19.3 Å². The Kier molecular flexibility index (Phi) is 7.54. The summed E-state index contributed by atoms with van der Waals surface area (Å²) in [6, 6.07) is 7.72. The van der Waals surface area contributed by atoms with Gasteiger partial charge >= 0.3 is 0 Å². The fraction of sp³-hybridized carbons (Fsp3) is 0.417. The van der Waals surface area contributed by atoms with Crippen LogP contribution in [0.1, 0.15) is 12.5 Å². The number of carbonyl (C=O) groups excluding carboxylic acids is 1. The first kappa shape index (κ1) is 15.9. The van der Waals surface area contributed by atoms with Crippen LogP contribution in [0.4, 0.5) is 5.69 Å². The van der Waals surface area contributed by atoms with Gasteiger partial charge in [-0.25, -0.2) is 0 Å². The first-order valence-corrected chi connectivity index (χ1v) is 5.24. The van der Waals surface area contributed by atoms with Crippen LogP contribution in [-0.2, 0) is 16.1 Å². The zero-order chi connectivity index (χ0) is 12.0. The quantitative estimate of drug-likeness (QED) is 0.847. The molecule has 0 saturated carbocycles. The number of anilines is 1. The van der Waals surface area contributed by atoms with E-state index in [0.717, 1.165) is 12.2 Å². The van der Waals surface area contributed by atoms with E-state index in [-0.39, 0.29) is 18.3 Å². The predicted molar refractivity (Wildman–Crippen MR) is 71.6 cm³/mol. The van der Waals surface area contributed by atoms with Crippen molar-refractivity contribution in [1.82, 2.24) is 5.32 Å². The molecule has 2 N–H and O–H groups in total. The van der Waals surface area contributed by atoms with Crippen molar-refractivity contribution in [2.24, 2.45) is 0 Å². The largest absolute Gasteiger partial charge is 0.372 e. The summed E-state index contributed by atoms with van der Waals surface area (Å²) >= 11 is 0. The summed E-state index contributed by atoms with van der Waals surface area (Å²) in [7, 11) is 3.41. The van der Waals surface area contributed by atoms with Gasteiger partial charge in [0.15, 0.2) is 0 Å². The van der Waals surface area contributed by atoms with Crippen molar-refractivity contribution in [1.29, 1.82) is 0 Å². The monoisotopic (exact) mass is 258 g/mol. The van der Waals surface area contributed by atoms with Gasteiger partial charge in [0.1, 0.15) is 6.10 Å². The number of benzene rings is 1. The van der Waals surface area contributed by atoms with E-state index in [1.54, 1.807) is 6.92 Å². The van der Waals surface area contributed by atoms with Crippen molar-refractivity contribution < 1.29 is 9.53 Å². The molecule has 1 atom stereocenters. The van der Waals surface area contributed by atoms with Gasteiger partial charge in [0.05, 0.1) is 0 Å². The van der Waals surface area contributed by atoms with Gasteiger partial charge in [-0.3, -0.25) is 4.79 Å². The van der Waals surface area contributed by atoms with E-state index in [1.807, 2.05) is 31.3 Å². The second kappa shape index (κ2) is 8.06. The molecule has 1 rings (SSSR count). The second-order valence-electron chi connectivity index (χ2n) is 3.59. The van der Waals surface area contributed by atoms with E-state index < -0.39 is 6.10 Å². The highest BCUT2D eigenvalue weighted by Crippen LogP contribution is 2.10. The van der Waals surface area contributed by atoms with Crippen molar-refractivity contribution in [3.63, 3.8) is 0 Å². The fourth-order valence-corrected chi connectivity index (χ4v) is 1.26. The van der Waals surface area contributed by atoms with Crippen molar-refractivity contribution in [2.45, 2.75) is 19.6 Å². The van der Waals surface area contributed by atoms with Gasteiger partial charge in [-0.05, 0) is 31.7 Å². The summed E-state index contributed by atoms with van der Waals surface area (Å²) in [5.41, 5.74) is 1.97. The number of rotatable bonds is 5. The molecule has 0 aliphatic rings. The summed E-state index contributed by atoms with van der Waals surface area (Å²) in [6.07, 6.45) is -0.433. The molecule has 0 aromatic heterocycles. The lowest BCUT2D eigenvalue weighted by atomic mass is 10.2. The van der Waals surface area contributed by atoms with E-state index in [2.05, 4.69) is 10.6 Å². The standard InChI is InChI=1S/C12H18N2O2.ClH/c1-9(16-3)12(15)14-11-6-4-10(5-7-11)8-13-2;/h4-7,9,13H,8H2,1-3H3,(H,14,15);1H. The van der Waals surface area contributed by atoms with E-state index in [1.165, 1.54) is 12.7 Å². The molecule has 0 aliphatic carbocycles. The average Bonchev–Trinajstić information content (AvgIpc) is 2.31. The molecule has 0 saturated heterocycles. The molecule has 4 nitrogen and oxygen atoms in total. The maximum absolute atomic E-state index is 11.5. The highest BCUT2D eigenvalue weighted by molar-refractivity contribution is 5.93. The number of hydrogen-bond acceptors (Lipinski definition) is 3. The molecule has 1 amide bonds. The third-order valence-electron chi connectivity index (χ3n) is 2.33. The molecule has 0 bridgehead atoms. The minimum absolute atomic E-state index is 0. The van der Waals surface area contributed by atoms with Crippen molar-refractivity contribution in [3.05, 3.63) is 29.8 Å². The molecule has 1 unspecified atom stereocenters. The van der Waals surface area contributed by atoms with Gasteiger partial charge in [-0.2, -0.15) is 0 Å². The van der Waals surface area contributed by atoms with Crippen molar-refractivity contribution in [2.75, 3.05) is 19.5 Å². The number of hydrogen-bond donors (Lipinski definition) is 2. The third-order valence-corrected chi connectivity index (χ3v) is 2.33. The van der Waals surface area contributed by atoms with Gasteiger partial charge in [0.2, 0.25) is 0 Å². The molecule has 0 heterocycles. The molecular weight excluding hydrogens is 240 g/mol. The van der Waals surface area contributed by atoms with E-state index >= 15 is 0 Å². The Hall–Kier alpha value is -1.10. The van der Waals surface area contributed by atoms with E-state index in [4.69, 9.17) is 4.74 Å². The molecule has 1 aromatic rings.